The number of likely N-dealkylation sites (N-methyl/N-ethyl adjacent to an activating group) is 1. The zero-order chi connectivity index (χ0) is 13.1. The van der Waals surface area contributed by atoms with Crippen molar-refractivity contribution in [3.8, 4) is 0 Å². The Labute approximate surface area is 109 Å². The van der Waals surface area contributed by atoms with Gasteiger partial charge < -0.3 is 19.8 Å². The molecule has 0 aromatic rings. The topological polar surface area (TPSA) is 47.0 Å². The zero-order valence-electron chi connectivity index (χ0n) is 11.5. The van der Waals surface area contributed by atoms with E-state index in [-0.39, 0.29) is 12.6 Å². The summed E-state index contributed by atoms with van der Waals surface area (Å²) in [6.07, 6.45) is 3.13. The van der Waals surface area contributed by atoms with Crippen molar-refractivity contribution in [1.82, 2.24) is 14.7 Å². The Morgan fingerprint density at radius 1 is 1.33 bits per heavy atom. The molecule has 2 aliphatic rings. The largest absolute Gasteiger partial charge is 0.396 e. The number of aliphatic hydroxyl groups excluding tert-OH is 1. The minimum absolute atomic E-state index is 0.127. The number of piperidine rings is 1. The van der Waals surface area contributed by atoms with Crippen molar-refractivity contribution in [2.45, 2.75) is 25.3 Å². The van der Waals surface area contributed by atoms with Crippen LogP contribution in [0.1, 0.15) is 19.3 Å². The van der Waals surface area contributed by atoms with Crippen LogP contribution in [0.25, 0.3) is 0 Å². The number of carbonyl (C=O) groups is 1. The molecule has 2 rings (SSSR count). The summed E-state index contributed by atoms with van der Waals surface area (Å²) in [7, 11) is 4.08. The molecule has 0 bridgehead atoms. The van der Waals surface area contributed by atoms with Crippen LogP contribution in [0.3, 0.4) is 0 Å². The van der Waals surface area contributed by atoms with Crippen LogP contribution < -0.4 is 0 Å². The molecule has 2 saturated heterocycles. The molecule has 0 spiro atoms. The van der Waals surface area contributed by atoms with E-state index in [1.807, 2.05) is 16.8 Å². The highest BCUT2D eigenvalue weighted by molar-refractivity contribution is 5.76. The van der Waals surface area contributed by atoms with Crippen molar-refractivity contribution in [2.75, 3.05) is 46.9 Å². The Hall–Kier alpha value is -0.810. The van der Waals surface area contributed by atoms with Crippen LogP contribution in [0.15, 0.2) is 0 Å². The summed E-state index contributed by atoms with van der Waals surface area (Å²) in [5, 5.41) is 8.87. The van der Waals surface area contributed by atoms with E-state index in [4.69, 9.17) is 5.11 Å². The van der Waals surface area contributed by atoms with Gasteiger partial charge in [0.15, 0.2) is 0 Å². The first kappa shape index (κ1) is 13.6. The van der Waals surface area contributed by atoms with Gasteiger partial charge in [-0.15, -0.1) is 0 Å². The maximum atomic E-state index is 12.1. The Kier molecular flexibility index (Phi) is 4.45. The first-order chi connectivity index (χ1) is 8.63. The smallest absolute Gasteiger partial charge is 0.320 e. The van der Waals surface area contributed by atoms with Crippen LogP contribution in [-0.4, -0.2) is 78.8 Å². The van der Waals surface area contributed by atoms with Gasteiger partial charge in [-0.3, -0.25) is 0 Å². The van der Waals surface area contributed by atoms with E-state index < -0.39 is 0 Å². The van der Waals surface area contributed by atoms with Crippen molar-refractivity contribution in [3.63, 3.8) is 0 Å². The van der Waals surface area contributed by atoms with E-state index in [2.05, 4.69) is 11.9 Å². The number of nitrogens with zero attached hydrogens (tertiary/aromatic N) is 3. The molecular formula is C13H25N3O2. The lowest BCUT2D eigenvalue weighted by Crippen LogP contribution is -2.44. The van der Waals surface area contributed by atoms with E-state index >= 15 is 0 Å². The van der Waals surface area contributed by atoms with Gasteiger partial charge in [0.2, 0.25) is 0 Å². The molecule has 0 aliphatic carbocycles. The molecule has 2 unspecified atom stereocenters. The summed E-state index contributed by atoms with van der Waals surface area (Å²) >= 11 is 0. The van der Waals surface area contributed by atoms with Crippen molar-refractivity contribution >= 4 is 6.03 Å². The predicted molar refractivity (Wildman–Crippen MR) is 70.4 cm³/mol. The quantitative estimate of drug-likeness (QED) is 0.793. The van der Waals surface area contributed by atoms with Crippen molar-refractivity contribution in [2.24, 2.45) is 5.92 Å². The standard InChI is InChI=1S/C13H25N3O2/c1-14-6-3-5-11(9-14)12-10-16(7-4-8-17)13(18)15(12)2/h11-12,17H,3-10H2,1-2H3. The van der Waals surface area contributed by atoms with Gasteiger partial charge in [0, 0.05) is 33.3 Å². The molecule has 5 heteroatoms. The maximum Gasteiger partial charge on any atom is 0.320 e. The molecule has 2 atom stereocenters. The highest BCUT2D eigenvalue weighted by Gasteiger charge is 2.39. The molecule has 2 aliphatic heterocycles. The molecule has 0 radical (unpaired) electrons. The molecule has 18 heavy (non-hydrogen) atoms. The normalized spacial score (nSPS) is 30.3. The number of amides is 2. The fourth-order valence-corrected chi connectivity index (χ4v) is 3.23. The van der Waals surface area contributed by atoms with Gasteiger partial charge in [-0.1, -0.05) is 0 Å². The SMILES string of the molecule is CN1CCCC(C2CN(CCCO)C(=O)N2C)C1. The number of likely N-dealkylation sites (tertiary alicyclic amines) is 1. The van der Waals surface area contributed by atoms with Gasteiger partial charge in [0.25, 0.3) is 0 Å². The average molecular weight is 255 g/mol. The number of hydrogen-bond acceptors (Lipinski definition) is 3. The second-order valence-electron chi connectivity index (χ2n) is 5.65. The molecular weight excluding hydrogens is 230 g/mol. The molecule has 2 fully saturated rings. The minimum atomic E-state index is 0.127. The number of urea groups is 1. The molecule has 2 amide bonds. The predicted octanol–water partition coefficient (Wildman–Crippen LogP) is 0.447. The highest BCUT2D eigenvalue weighted by Crippen LogP contribution is 2.27. The summed E-state index contributed by atoms with van der Waals surface area (Å²) in [6, 6.07) is 0.473. The van der Waals surface area contributed by atoms with Crippen LogP contribution in [0.2, 0.25) is 0 Å². The number of aliphatic hydroxyl groups is 1. The fraction of sp³-hybridized carbons (Fsp3) is 0.923. The van der Waals surface area contributed by atoms with E-state index in [1.54, 1.807) is 0 Å². The molecule has 1 N–H and O–H groups in total. The van der Waals surface area contributed by atoms with Gasteiger partial charge in [-0.25, -0.2) is 4.79 Å². The van der Waals surface area contributed by atoms with E-state index in [0.717, 1.165) is 13.1 Å². The molecule has 2 heterocycles. The van der Waals surface area contributed by atoms with Crippen molar-refractivity contribution in [1.29, 1.82) is 0 Å². The zero-order valence-corrected chi connectivity index (χ0v) is 11.5. The number of carbonyl (C=O) groups excluding carboxylic acids is 1. The molecule has 104 valence electrons. The third-order valence-electron chi connectivity index (χ3n) is 4.27. The maximum absolute atomic E-state index is 12.1. The first-order valence-corrected chi connectivity index (χ1v) is 6.94. The monoisotopic (exact) mass is 255 g/mol. The Morgan fingerprint density at radius 2 is 2.11 bits per heavy atom. The van der Waals surface area contributed by atoms with E-state index in [9.17, 15) is 4.79 Å². The highest BCUT2D eigenvalue weighted by atomic mass is 16.3. The first-order valence-electron chi connectivity index (χ1n) is 6.94. The summed E-state index contributed by atoms with van der Waals surface area (Å²) in [6.45, 7) is 3.93. The number of rotatable bonds is 4. The van der Waals surface area contributed by atoms with Crippen molar-refractivity contribution in [3.05, 3.63) is 0 Å². The van der Waals surface area contributed by atoms with Crippen LogP contribution in [-0.2, 0) is 0 Å². The fourth-order valence-electron chi connectivity index (χ4n) is 3.23. The van der Waals surface area contributed by atoms with Crippen LogP contribution in [0.4, 0.5) is 4.79 Å². The van der Waals surface area contributed by atoms with E-state index in [0.29, 0.717) is 24.9 Å². The Morgan fingerprint density at radius 3 is 2.78 bits per heavy atom. The molecule has 5 nitrogen and oxygen atoms in total. The lowest BCUT2D eigenvalue weighted by atomic mass is 9.90. The minimum Gasteiger partial charge on any atom is -0.396 e. The van der Waals surface area contributed by atoms with Crippen LogP contribution in [0.5, 0.6) is 0 Å². The number of hydrogen-bond donors (Lipinski definition) is 1. The summed E-state index contributed by atoms with van der Waals surface area (Å²) in [5.41, 5.74) is 0. The molecule has 0 aromatic carbocycles. The van der Waals surface area contributed by atoms with Gasteiger partial charge in [0.1, 0.15) is 0 Å². The molecule has 0 saturated carbocycles. The lowest BCUT2D eigenvalue weighted by molar-refractivity contribution is 0.141. The van der Waals surface area contributed by atoms with Crippen molar-refractivity contribution < 1.29 is 9.90 Å². The third-order valence-corrected chi connectivity index (χ3v) is 4.27. The van der Waals surface area contributed by atoms with Gasteiger partial charge in [-0.05, 0) is 38.8 Å². The summed E-state index contributed by atoms with van der Waals surface area (Å²) in [4.78, 5) is 18.3. The van der Waals surface area contributed by atoms with Gasteiger partial charge in [-0.2, -0.15) is 0 Å². The Bertz CT molecular complexity index is 298. The van der Waals surface area contributed by atoms with Gasteiger partial charge in [0.05, 0.1) is 6.04 Å². The van der Waals surface area contributed by atoms with Crippen LogP contribution in [0, 0.1) is 5.92 Å². The second-order valence-corrected chi connectivity index (χ2v) is 5.65. The van der Waals surface area contributed by atoms with E-state index in [1.165, 1.54) is 19.4 Å². The average Bonchev–Trinajstić information content (AvgIpc) is 2.64. The van der Waals surface area contributed by atoms with Gasteiger partial charge >= 0.3 is 6.03 Å². The third kappa shape index (κ3) is 2.78. The summed E-state index contributed by atoms with van der Waals surface area (Å²) < 4.78 is 0. The second kappa shape index (κ2) is 5.89. The molecule has 0 aromatic heterocycles. The summed E-state index contributed by atoms with van der Waals surface area (Å²) in [5.74, 6) is 0.594. The van der Waals surface area contributed by atoms with Crippen LogP contribution >= 0.6 is 0 Å². The lowest BCUT2D eigenvalue weighted by Gasteiger charge is -2.35. The Balaban J connectivity index is 1.95.